The normalized spacial score (nSPS) is 8.56. The van der Waals surface area contributed by atoms with Gasteiger partial charge in [0.25, 0.3) is 10.1 Å². The van der Waals surface area contributed by atoms with Crippen molar-refractivity contribution in [3.63, 3.8) is 0 Å². The first-order valence-corrected chi connectivity index (χ1v) is 8.45. The summed E-state index contributed by atoms with van der Waals surface area (Å²) in [6.45, 7) is 1.94. The first-order valence-electron chi connectivity index (χ1n) is 6.30. The molecular weight excluding hydrogens is 494 g/mol. The predicted octanol–water partition coefficient (Wildman–Crippen LogP) is -1.12. The largest absolute Gasteiger partial charge is 2.00 e. The molecule has 2 aromatic heterocycles. The number of carbonyl (C=O) groups excluding carboxylic acids is 2. The van der Waals surface area contributed by atoms with Crippen molar-refractivity contribution in [2.45, 2.75) is 23.9 Å². The van der Waals surface area contributed by atoms with Crippen molar-refractivity contribution >= 4 is 82.4 Å². The Balaban J connectivity index is 0. The molecule has 0 atom stereocenters. The summed E-state index contributed by atoms with van der Waals surface area (Å²) in [5, 5.41) is 41.5. The first-order chi connectivity index (χ1) is 11.2. The van der Waals surface area contributed by atoms with Gasteiger partial charge in [-0.2, -0.15) is 9.46 Å². The Morgan fingerprint density at radius 2 is 1.08 bits per heavy atom. The fourth-order valence-corrected chi connectivity index (χ4v) is 3.03. The van der Waals surface area contributed by atoms with Gasteiger partial charge in [-0.3, -0.25) is 0 Å². The maximum atomic E-state index is 11.3. The van der Waals surface area contributed by atoms with Gasteiger partial charge in [-0.15, -0.1) is 0 Å². The third-order valence-corrected chi connectivity index (χ3v) is 4.12. The molecule has 8 nitrogen and oxygen atoms in total. The van der Waals surface area contributed by atoms with Crippen molar-refractivity contribution in [1.82, 2.24) is 0 Å². The number of carboxylic acid groups (broad SMARTS) is 2. The smallest absolute Gasteiger partial charge is 0.618 e. The van der Waals surface area contributed by atoms with Crippen LogP contribution in [0.3, 0.4) is 0 Å². The van der Waals surface area contributed by atoms with Gasteiger partial charge in [-0.25, -0.2) is 0 Å². The molecular formula is C14H14BaN2O6S2. The number of pyridine rings is 2. The molecule has 0 bridgehead atoms. The quantitative estimate of drug-likeness (QED) is 0.221. The van der Waals surface area contributed by atoms with E-state index in [0.717, 1.165) is 23.3 Å². The van der Waals surface area contributed by atoms with E-state index in [-0.39, 0.29) is 48.9 Å². The molecule has 2 aromatic rings. The van der Waals surface area contributed by atoms with Gasteiger partial charge in [0.05, 0.1) is 0 Å². The Bertz CT molecular complexity index is 610. The average Bonchev–Trinajstić information content (AvgIpc) is 2.47. The SMILES string of the molecule is CC(=O)[O-].CC(=O)[O-].[Ba+2].[O-][n+]1ccccc1SSc1cccc[n+]1[O-]. The van der Waals surface area contributed by atoms with Crippen molar-refractivity contribution in [2.75, 3.05) is 0 Å². The fraction of sp³-hybridized carbons (Fsp3) is 0.143. The van der Waals surface area contributed by atoms with Crippen LogP contribution < -0.4 is 19.7 Å². The summed E-state index contributed by atoms with van der Waals surface area (Å²) >= 11 is 0. The molecule has 0 fully saturated rings. The monoisotopic (exact) mass is 508 g/mol. The van der Waals surface area contributed by atoms with Gasteiger partial charge >= 0.3 is 48.9 Å². The molecule has 0 aliphatic rings. The maximum absolute atomic E-state index is 11.3. The van der Waals surface area contributed by atoms with E-state index in [2.05, 4.69) is 0 Å². The van der Waals surface area contributed by atoms with Crippen molar-refractivity contribution in [3.8, 4) is 0 Å². The number of hydrogen-bond acceptors (Lipinski definition) is 8. The summed E-state index contributed by atoms with van der Waals surface area (Å²) < 4.78 is 1.55. The van der Waals surface area contributed by atoms with Crippen LogP contribution in [0.1, 0.15) is 13.8 Å². The van der Waals surface area contributed by atoms with E-state index < -0.39 is 11.9 Å². The zero-order chi connectivity index (χ0) is 18.5. The van der Waals surface area contributed by atoms with Crippen LogP contribution in [0.25, 0.3) is 0 Å². The van der Waals surface area contributed by atoms with E-state index >= 15 is 0 Å². The molecule has 2 heterocycles. The summed E-state index contributed by atoms with van der Waals surface area (Å²) in [6.07, 6.45) is 2.86. The van der Waals surface area contributed by atoms with Crippen LogP contribution in [0.2, 0.25) is 0 Å². The molecule has 0 aliphatic heterocycles. The molecule has 0 N–H and O–H groups in total. The minimum Gasteiger partial charge on any atom is -0.618 e. The number of carbonyl (C=O) groups is 2. The summed E-state index contributed by atoms with van der Waals surface area (Å²) in [5.41, 5.74) is 0. The zero-order valence-electron chi connectivity index (χ0n) is 13.5. The zero-order valence-corrected chi connectivity index (χ0v) is 19.6. The number of nitrogens with zero attached hydrogens (tertiary/aromatic N) is 2. The Labute approximate surface area is 192 Å². The Morgan fingerprint density at radius 3 is 1.32 bits per heavy atom. The Morgan fingerprint density at radius 1 is 0.800 bits per heavy atom. The second-order valence-corrected chi connectivity index (χ2v) is 6.05. The van der Waals surface area contributed by atoms with Crippen molar-refractivity contribution in [2.24, 2.45) is 0 Å². The molecule has 0 radical (unpaired) electrons. The topological polar surface area (TPSA) is 134 Å². The number of aliphatic carboxylic acids is 2. The van der Waals surface area contributed by atoms with E-state index in [9.17, 15) is 10.4 Å². The van der Waals surface area contributed by atoms with E-state index in [0.29, 0.717) is 10.1 Å². The number of rotatable bonds is 3. The van der Waals surface area contributed by atoms with Crippen LogP contribution in [0.5, 0.6) is 0 Å². The molecule has 0 spiro atoms. The molecule has 0 saturated carbocycles. The Kier molecular flexibility index (Phi) is 16.2. The van der Waals surface area contributed by atoms with E-state index in [1.807, 2.05) is 0 Å². The molecule has 2 rings (SSSR count). The minimum absolute atomic E-state index is 0. The van der Waals surface area contributed by atoms with Crippen molar-refractivity contribution in [1.29, 1.82) is 0 Å². The molecule has 11 heteroatoms. The van der Waals surface area contributed by atoms with Gasteiger partial charge in [0.1, 0.15) is 0 Å². The average molecular weight is 508 g/mol. The van der Waals surface area contributed by atoms with Gasteiger partial charge in [-0.1, -0.05) is 0 Å². The van der Waals surface area contributed by atoms with E-state index in [4.69, 9.17) is 19.8 Å². The predicted molar refractivity (Wildman–Crippen MR) is 89.6 cm³/mol. The number of carboxylic acids is 2. The van der Waals surface area contributed by atoms with E-state index in [1.54, 1.807) is 36.4 Å². The molecule has 25 heavy (non-hydrogen) atoms. The summed E-state index contributed by atoms with van der Waals surface area (Å²) in [5.74, 6) is -2.17. The summed E-state index contributed by atoms with van der Waals surface area (Å²) in [6, 6.07) is 10.3. The number of aromatic nitrogens is 2. The van der Waals surface area contributed by atoms with Crippen LogP contribution in [-0.4, -0.2) is 60.8 Å². The van der Waals surface area contributed by atoms with Crippen LogP contribution >= 0.6 is 21.6 Å². The maximum Gasteiger partial charge on any atom is 2.00 e. The molecule has 0 saturated heterocycles. The van der Waals surface area contributed by atoms with Gasteiger partial charge < -0.3 is 30.2 Å². The second-order valence-electron chi connectivity index (χ2n) is 3.88. The molecule has 0 aromatic carbocycles. The van der Waals surface area contributed by atoms with Gasteiger partial charge in [-0.05, 0) is 26.0 Å². The fourth-order valence-electron chi connectivity index (χ4n) is 1.04. The van der Waals surface area contributed by atoms with Crippen LogP contribution in [0.15, 0.2) is 58.8 Å². The van der Waals surface area contributed by atoms with Crippen molar-refractivity contribution in [3.05, 3.63) is 59.2 Å². The number of hydrogen-bond donors (Lipinski definition) is 0. The molecule has 0 amide bonds. The van der Waals surface area contributed by atoms with Crippen LogP contribution in [-0.2, 0) is 9.59 Å². The first kappa shape index (κ1) is 26.3. The molecule has 0 aliphatic carbocycles. The van der Waals surface area contributed by atoms with Gasteiger partial charge in [0.2, 0.25) is 0 Å². The summed E-state index contributed by atoms with van der Waals surface area (Å²) in [4.78, 5) is 17.8. The molecule has 130 valence electrons. The second kappa shape index (κ2) is 15.4. The third-order valence-electron chi connectivity index (χ3n) is 1.79. The van der Waals surface area contributed by atoms with Crippen molar-refractivity contribution < 1.29 is 29.3 Å². The van der Waals surface area contributed by atoms with Crippen LogP contribution in [0, 0.1) is 10.4 Å². The molecule has 0 unspecified atom stereocenters. The van der Waals surface area contributed by atoms with Gasteiger partial charge in [0.15, 0.2) is 12.4 Å². The minimum atomic E-state index is -1.08. The standard InChI is InChI=1S/C10H8N2O2S2.2C2H4O2.Ba/c13-11-7-3-1-5-9(11)15-16-10-6-2-4-8-12(10)14;2*1-2(3)4;/h1-8H;2*1H3,(H,3,4);/q;;;+2/p-2. The van der Waals surface area contributed by atoms with Crippen LogP contribution in [0.4, 0.5) is 0 Å². The summed E-state index contributed by atoms with van der Waals surface area (Å²) in [7, 11) is 2.52. The van der Waals surface area contributed by atoms with E-state index in [1.165, 1.54) is 34.0 Å². The van der Waals surface area contributed by atoms with Gasteiger partial charge in [0, 0.05) is 57.8 Å². The Hall–Kier alpha value is -0.889. The third kappa shape index (κ3) is 15.1.